The van der Waals surface area contributed by atoms with Gasteiger partial charge in [0, 0.05) is 5.69 Å². The van der Waals surface area contributed by atoms with Crippen molar-refractivity contribution in [3.8, 4) is 0 Å². The van der Waals surface area contributed by atoms with Crippen LogP contribution < -0.4 is 0 Å². The number of hydrogen-bond donors (Lipinski definition) is 0. The minimum Gasteiger partial charge on any atom is -0.284 e. The number of aryl methyl sites for hydroxylation is 1. The van der Waals surface area contributed by atoms with Crippen LogP contribution in [0.5, 0.6) is 0 Å². The van der Waals surface area contributed by atoms with E-state index >= 15 is 0 Å². The first kappa shape index (κ1) is 12.6. The van der Waals surface area contributed by atoms with Crippen molar-refractivity contribution in [3.63, 3.8) is 0 Å². The van der Waals surface area contributed by atoms with Gasteiger partial charge in [-0.05, 0) is 46.2 Å². The van der Waals surface area contributed by atoms with Crippen LogP contribution in [-0.4, -0.2) is 16.7 Å². The molecule has 0 aromatic carbocycles. The number of aliphatic imine (C=N–C) groups is 1. The first-order chi connectivity index (χ1) is 7.63. The number of rotatable bonds is 4. The van der Waals surface area contributed by atoms with Crippen LogP contribution in [0.1, 0.15) is 38.6 Å². The van der Waals surface area contributed by atoms with Crippen LogP contribution in [0.4, 0.5) is 0 Å². The molecule has 1 unspecified atom stereocenters. The van der Waals surface area contributed by atoms with Gasteiger partial charge in [0.1, 0.15) is 0 Å². The Balaban J connectivity index is 2.76. The number of aromatic nitrogens is 1. The van der Waals surface area contributed by atoms with Gasteiger partial charge in [-0.2, -0.15) is 0 Å². The fourth-order valence-electron chi connectivity index (χ4n) is 1.53. The molecule has 2 nitrogen and oxygen atoms in total. The molecule has 0 spiro atoms. The zero-order valence-electron chi connectivity index (χ0n) is 10.6. The highest BCUT2D eigenvalue weighted by molar-refractivity contribution is 5.97. The van der Waals surface area contributed by atoms with Crippen molar-refractivity contribution in [3.05, 3.63) is 41.7 Å². The Bertz CT molecular complexity index is 391. The van der Waals surface area contributed by atoms with Gasteiger partial charge in [-0.25, -0.2) is 0 Å². The zero-order chi connectivity index (χ0) is 12.0. The Morgan fingerprint density at radius 1 is 1.50 bits per heavy atom. The van der Waals surface area contributed by atoms with E-state index in [1.165, 1.54) is 0 Å². The normalized spacial score (nSPS) is 14.4. The molecule has 0 aliphatic carbocycles. The molecule has 0 bridgehead atoms. The van der Waals surface area contributed by atoms with Crippen LogP contribution in [0.2, 0.25) is 0 Å². The van der Waals surface area contributed by atoms with Crippen molar-refractivity contribution in [1.82, 2.24) is 4.98 Å². The number of hydrogen-bond acceptors (Lipinski definition) is 2. The van der Waals surface area contributed by atoms with Gasteiger partial charge in [-0.1, -0.05) is 18.2 Å². The Morgan fingerprint density at radius 2 is 2.25 bits per heavy atom. The molecule has 0 fully saturated rings. The van der Waals surface area contributed by atoms with E-state index in [1.807, 2.05) is 39.0 Å². The number of pyridine rings is 1. The van der Waals surface area contributed by atoms with Crippen molar-refractivity contribution < 1.29 is 0 Å². The third-order valence-electron chi connectivity index (χ3n) is 2.39. The molecule has 1 aromatic heterocycles. The second kappa shape index (κ2) is 6.21. The maximum Gasteiger partial charge on any atom is 0.0840 e. The van der Waals surface area contributed by atoms with Crippen LogP contribution >= 0.6 is 0 Å². The summed E-state index contributed by atoms with van der Waals surface area (Å²) in [7, 11) is 0. The molecule has 0 amide bonds. The highest BCUT2D eigenvalue weighted by atomic mass is 14.8. The fraction of sp³-hybridized carbons (Fsp3) is 0.429. The van der Waals surface area contributed by atoms with Gasteiger partial charge in [0.05, 0.1) is 17.4 Å². The number of allylic oxidation sites excluding steroid dienone is 1. The Labute approximate surface area is 98.1 Å². The summed E-state index contributed by atoms with van der Waals surface area (Å²) in [6.45, 7) is 8.18. The number of nitrogens with zero attached hydrogens (tertiary/aromatic N) is 2. The molecule has 0 N–H and O–H groups in total. The van der Waals surface area contributed by atoms with Gasteiger partial charge in [-0.15, -0.1) is 0 Å². The average Bonchev–Trinajstić information content (AvgIpc) is 2.26. The Morgan fingerprint density at radius 3 is 2.88 bits per heavy atom. The summed E-state index contributed by atoms with van der Waals surface area (Å²) in [6, 6.07) is 6.35. The summed E-state index contributed by atoms with van der Waals surface area (Å²) in [5, 5.41) is 0. The molecule has 16 heavy (non-hydrogen) atoms. The van der Waals surface area contributed by atoms with Crippen molar-refractivity contribution in [2.24, 2.45) is 4.99 Å². The maximum atomic E-state index is 4.63. The van der Waals surface area contributed by atoms with E-state index in [1.54, 1.807) is 0 Å². The van der Waals surface area contributed by atoms with Crippen molar-refractivity contribution in [2.45, 2.75) is 40.2 Å². The quantitative estimate of drug-likeness (QED) is 0.558. The lowest BCUT2D eigenvalue weighted by Crippen LogP contribution is -2.05. The topological polar surface area (TPSA) is 25.2 Å². The van der Waals surface area contributed by atoms with Crippen molar-refractivity contribution in [2.75, 3.05) is 0 Å². The minimum atomic E-state index is 0.318. The predicted molar refractivity (Wildman–Crippen MR) is 70.1 cm³/mol. The lowest BCUT2D eigenvalue weighted by atomic mass is 10.2. The van der Waals surface area contributed by atoms with E-state index in [2.05, 4.69) is 29.1 Å². The third kappa shape index (κ3) is 3.97. The predicted octanol–water partition coefficient (Wildman–Crippen LogP) is 3.55. The van der Waals surface area contributed by atoms with Crippen LogP contribution in [-0.2, 0) is 0 Å². The molecule has 0 saturated heterocycles. The van der Waals surface area contributed by atoms with Gasteiger partial charge in [0.15, 0.2) is 0 Å². The summed E-state index contributed by atoms with van der Waals surface area (Å²) in [5.74, 6) is 0. The van der Waals surface area contributed by atoms with Gasteiger partial charge in [0.25, 0.3) is 0 Å². The van der Waals surface area contributed by atoms with Crippen LogP contribution in [0.3, 0.4) is 0 Å². The standard InChI is InChI=1S/C14H20N2/c1-5-6-8-11(2)15-13(4)14-10-7-9-12(3)16-14/h5-7,9-11H,8H2,1-4H3/b6-5+,15-13?. The van der Waals surface area contributed by atoms with E-state index in [4.69, 9.17) is 0 Å². The molecule has 2 heteroatoms. The van der Waals surface area contributed by atoms with Crippen LogP contribution in [0, 0.1) is 6.92 Å². The lowest BCUT2D eigenvalue weighted by Gasteiger charge is -2.06. The first-order valence-corrected chi connectivity index (χ1v) is 5.73. The van der Waals surface area contributed by atoms with Crippen molar-refractivity contribution in [1.29, 1.82) is 0 Å². The molecule has 0 aliphatic rings. The second-order valence-corrected chi connectivity index (χ2v) is 4.03. The molecule has 0 radical (unpaired) electrons. The van der Waals surface area contributed by atoms with Gasteiger partial charge in [-0.3, -0.25) is 9.98 Å². The van der Waals surface area contributed by atoms with Crippen LogP contribution in [0.15, 0.2) is 35.3 Å². The maximum absolute atomic E-state index is 4.63. The van der Waals surface area contributed by atoms with Gasteiger partial charge >= 0.3 is 0 Å². The highest BCUT2D eigenvalue weighted by Gasteiger charge is 2.01. The summed E-state index contributed by atoms with van der Waals surface area (Å²) < 4.78 is 0. The summed E-state index contributed by atoms with van der Waals surface area (Å²) >= 11 is 0. The smallest absolute Gasteiger partial charge is 0.0840 e. The highest BCUT2D eigenvalue weighted by Crippen LogP contribution is 2.04. The molecule has 1 aromatic rings. The van der Waals surface area contributed by atoms with Gasteiger partial charge < -0.3 is 0 Å². The molecule has 1 atom stereocenters. The van der Waals surface area contributed by atoms with E-state index in [0.717, 1.165) is 23.5 Å². The molecule has 1 rings (SSSR count). The largest absolute Gasteiger partial charge is 0.284 e. The van der Waals surface area contributed by atoms with E-state index in [9.17, 15) is 0 Å². The Kier molecular flexibility index (Phi) is 4.90. The monoisotopic (exact) mass is 216 g/mol. The van der Waals surface area contributed by atoms with E-state index in [0.29, 0.717) is 6.04 Å². The minimum absolute atomic E-state index is 0.318. The fourth-order valence-corrected chi connectivity index (χ4v) is 1.53. The lowest BCUT2D eigenvalue weighted by molar-refractivity contribution is 0.758. The summed E-state index contributed by atoms with van der Waals surface area (Å²) in [4.78, 5) is 9.09. The summed E-state index contributed by atoms with van der Waals surface area (Å²) in [5.41, 5.74) is 3.03. The molecule has 86 valence electrons. The average molecular weight is 216 g/mol. The molecule has 0 saturated carbocycles. The SMILES string of the molecule is C/C=C/CC(C)N=C(C)c1cccc(C)n1. The second-order valence-electron chi connectivity index (χ2n) is 4.03. The zero-order valence-corrected chi connectivity index (χ0v) is 10.6. The summed E-state index contributed by atoms with van der Waals surface area (Å²) in [6.07, 6.45) is 5.19. The molecular weight excluding hydrogens is 196 g/mol. The first-order valence-electron chi connectivity index (χ1n) is 5.73. The molecule has 0 aliphatic heterocycles. The van der Waals surface area contributed by atoms with Crippen LogP contribution in [0.25, 0.3) is 0 Å². The van der Waals surface area contributed by atoms with Gasteiger partial charge in [0.2, 0.25) is 0 Å². The van der Waals surface area contributed by atoms with Crippen molar-refractivity contribution >= 4 is 5.71 Å². The molecular formula is C14H20N2. The Hall–Kier alpha value is -1.44. The molecule has 1 heterocycles. The third-order valence-corrected chi connectivity index (χ3v) is 2.39. The van der Waals surface area contributed by atoms with E-state index < -0.39 is 0 Å². The van der Waals surface area contributed by atoms with E-state index in [-0.39, 0.29) is 0 Å².